The molecule has 0 unspecified atom stereocenters. The lowest BCUT2D eigenvalue weighted by Crippen LogP contribution is -2.30. The summed E-state index contributed by atoms with van der Waals surface area (Å²) in [4.78, 5) is 11.8. The molecule has 0 saturated heterocycles. The third-order valence-corrected chi connectivity index (χ3v) is 4.13. The van der Waals surface area contributed by atoms with Crippen LogP contribution in [0.3, 0.4) is 0 Å². The molecule has 1 N–H and O–H groups in total. The van der Waals surface area contributed by atoms with Gasteiger partial charge >= 0.3 is 0 Å². The van der Waals surface area contributed by atoms with Crippen molar-refractivity contribution in [3.05, 3.63) is 65.6 Å². The van der Waals surface area contributed by atoms with Crippen molar-refractivity contribution in [1.82, 2.24) is 9.88 Å². The topological polar surface area (TPSA) is 43.3 Å². The van der Waals surface area contributed by atoms with Gasteiger partial charge in [-0.05, 0) is 42.1 Å². The summed E-state index contributed by atoms with van der Waals surface area (Å²) >= 11 is 5.85. The lowest BCUT2D eigenvalue weighted by molar-refractivity contribution is -0.123. The van der Waals surface area contributed by atoms with E-state index >= 15 is 0 Å². The average Bonchev–Trinajstić information content (AvgIpc) is 3.01. The molecule has 0 aliphatic carbocycles. The molecule has 0 fully saturated rings. The second-order valence-corrected chi connectivity index (χ2v) is 6.04. The zero-order valence-electron chi connectivity index (χ0n) is 13.5. The number of para-hydroxylation sites is 1. The number of nitrogens with zero attached hydrogens (tertiary/aromatic N) is 1. The van der Waals surface area contributed by atoms with Crippen LogP contribution in [-0.4, -0.2) is 23.6 Å². The molecule has 4 nitrogen and oxygen atoms in total. The van der Waals surface area contributed by atoms with Gasteiger partial charge in [0.1, 0.15) is 11.6 Å². The Morgan fingerprint density at radius 2 is 2.04 bits per heavy atom. The summed E-state index contributed by atoms with van der Waals surface area (Å²) in [5.74, 6) is -0.394. The monoisotopic (exact) mass is 360 g/mol. The smallest absolute Gasteiger partial charge is 0.257 e. The number of carbonyl (C=O) groups is 1. The van der Waals surface area contributed by atoms with Crippen LogP contribution in [0.2, 0.25) is 5.02 Å². The number of halogens is 2. The van der Waals surface area contributed by atoms with Gasteiger partial charge in [-0.1, -0.05) is 29.8 Å². The first-order valence-electron chi connectivity index (χ1n) is 8.02. The van der Waals surface area contributed by atoms with Crippen LogP contribution >= 0.6 is 11.6 Å². The summed E-state index contributed by atoms with van der Waals surface area (Å²) in [6.45, 7) is 1.21. The molecule has 2 aromatic carbocycles. The van der Waals surface area contributed by atoms with Crippen molar-refractivity contribution in [2.24, 2.45) is 0 Å². The van der Waals surface area contributed by atoms with Gasteiger partial charge in [-0.25, -0.2) is 4.39 Å². The first-order chi connectivity index (χ1) is 12.1. The first-order valence-corrected chi connectivity index (χ1v) is 8.40. The Hall–Kier alpha value is -2.53. The molecule has 130 valence electrons. The second-order valence-electron chi connectivity index (χ2n) is 5.63. The van der Waals surface area contributed by atoms with E-state index in [2.05, 4.69) is 28.1 Å². The minimum Gasteiger partial charge on any atom is -0.482 e. The zero-order chi connectivity index (χ0) is 17.6. The number of aryl methyl sites for hydroxylation is 1. The van der Waals surface area contributed by atoms with E-state index in [1.807, 2.05) is 18.3 Å². The van der Waals surface area contributed by atoms with Gasteiger partial charge in [0.2, 0.25) is 0 Å². The van der Waals surface area contributed by atoms with E-state index in [0.29, 0.717) is 6.54 Å². The van der Waals surface area contributed by atoms with Crippen LogP contribution < -0.4 is 10.1 Å². The fraction of sp³-hybridized carbons (Fsp3) is 0.211. The molecule has 0 aliphatic heterocycles. The number of carbonyl (C=O) groups excluding carboxylic acids is 1. The number of hydrogen-bond acceptors (Lipinski definition) is 2. The van der Waals surface area contributed by atoms with Gasteiger partial charge in [-0.2, -0.15) is 0 Å². The van der Waals surface area contributed by atoms with E-state index in [9.17, 15) is 9.18 Å². The molecule has 1 heterocycles. The Balaban J connectivity index is 1.40. The SMILES string of the molecule is O=C(COc1ccc(F)cc1Cl)NCCCn1ccc2ccccc21. The number of fused-ring (bicyclic) bond motifs is 1. The van der Waals surface area contributed by atoms with Crippen molar-refractivity contribution in [2.75, 3.05) is 13.2 Å². The fourth-order valence-electron chi connectivity index (χ4n) is 2.60. The predicted molar refractivity (Wildman–Crippen MR) is 96.5 cm³/mol. The molecule has 3 aromatic rings. The summed E-state index contributed by atoms with van der Waals surface area (Å²) in [5, 5.41) is 4.15. The Labute approximate surface area is 150 Å². The van der Waals surface area contributed by atoms with Crippen LogP contribution in [0.25, 0.3) is 10.9 Å². The normalized spacial score (nSPS) is 10.8. The van der Waals surface area contributed by atoms with Crippen LogP contribution in [0.4, 0.5) is 4.39 Å². The van der Waals surface area contributed by atoms with E-state index in [-0.39, 0.29) is 23.3 Å². The van der Waals surface area contributed by atoms with Crippen molar-refractivity contribution in [1.29, 1.82) is 0 Å². The minimum atomic E-state index is -0.445. The van der Waals surface area contributed by atoms with E-state index in [0.717, 1.165) is 19.0 Å². The molecule has 3 rings (SSSR count). The van der Waals surface area contributed by atoms with Gasteiger partial charge in [0.05, 0.1) is 5.02 Å². The third-order valence-electron chi connectivity index (χ3n) is 3.83. The number of nitrogens with one attached hydrogen (secondary N) is 1. The Morgan fingerprint density at radius 3 is 2.88 bits per heavy atom. The van der Waals surface area contributed by atoms with E-state index < -0.39 is 5.82 Å². The molecule has 0 atom stereocenters. The lowest BCUT2D eigenvalue weighted by atomic mass is 10.2. The number of aromatic nitrogens is 1. The summed E-state index contributed by atoms with van der Waals surface area (Å²) in [6, 6.07) is 14.0. The van der Waals surface area contributed by atoms with Crippen molar-refractivity contribution in [2.45, 2.75) is 13.0 Å². The fourth-order valence-corrected chi connectivity index (χ4v) is 2.82. The predicted octanol–water partition coefficient (Wildman–Crippen LogP) is 4.02. The van der Waals surface area contributed by atoms with Gasteiger partial charge in [0.25, 0.3) is 5.91 Å². The van der Waals surface area contributed by atoms with Gasteiger partial charge < -0.3 is 14.6 Å². The molecule has 0 bridgehead atoms. The van der Waals surface area contributed by atoms with Crippen LogP contribution in [0.5, 0.6) is 5.75 Å². The highest BCUT2D eigenvalue weighted by Crippen LogP contribution is 2.24. The molecule has 1 amide bonds. The first kappa shape index (κ1) is 17.3. The summed E-state index contributed by atoms with van der Waals surface area (Å²) in [7, 11) is 0. The maximum atomic E-state index is 12.9. The van der Waals surface area contributed by atoms with E-state index in [1.165, 1.54) is 23.0 Å². The summed E-state index contributed by atoms with van der Waals surface area (Å²) in [6.07, 6.45) is 2.86. The Kier molecular flexibility index (Phi) is 5.56. The maximum Gasteiger partial charge on any atom is 0.257 e. The molecular formula is C19H18ClFN2O2. The van der Waals surface area contributed by atoms with E-state index in [4.69, 9.17) is 16.3 Å². The quantitative estimate of drug-likeness (QED) is 0.647. The van der Waals surface area contributed by atoms with Crippen molar-refractivity contribution in [3.8, 4) is 5.75 Å². The summed E-state index contributed by atoms with van der Waals surface area (Å²) < 4.78 is 20.4. The number of rotatable bonds is 7. The lowest BCUT2D eigenvalue weighted by Gasteiger charge is -2.09. The van der Waals surface area contributed by atoms with Gasteiger partial charge in [0, 0.05) is 24.8 Å². The van der Waals surface area contributed by atoms with Crippen LogP contribution in [-0.2, 0) is 11.3 Å². The van der Waals surface area contributed by atoms with Crippen molar-refractivity contribution < 1.29 is 13.9 Å². The van der Waals surface area contributed by atoms with Gasteiger partial charge in [0.15, 0.2) is 6.61 Å². The molecular weight excluding hydrogens is 343 g/mol. The Bertz CT molecular complexity index is 879. The molecule has 25 heavy (non-hydrogen) atoms. The number of amides is 1. The number of benzene rings is 2. The highest BCUT2D eigenvalue weighted by atomic mass is 35.5. The number of hydrogen-bond donors (Lipinski definition) is 1. The van der Waals surface area contributed by atoms with Crippen molar-refractivity contribution >= 4 is 28.4 Å². The molecule has 0 saturated carbocycles. The highest BCUT2D eigenvalue weighted by molar-refractivity contribution is 6.32. The molecule has 0 radical (unpaired) electrons. The molecule has 6 heteroatoms. The Morgan fingerprint density at radius 1 is 1.20 bits per heavy atom. The highest BCUT2D eigenvalue weighted by Gasteiger charge is 2.07. The van der Waals surface area contributed by atoms with Crippen LogP contribution in [0, 0.1) is 5.82 Å². The molecule has 1 aromatic heterocycles. The zero-order valence-corrected chi connectivity index (χ0v) is 14.3. The standard InChI is InChI=1S/C19H18ClFN2O2/c20-16-12-15(21)6-7-18(16)25-13-19(24)22-9-3-10-23-11-8-14-4-1-2-5-17(14)23/h1-2,4-8,11-12H,3,9-10,13H2,(H,22,24). The van der Waals surface area contributed by atoms with Gasteiger partial charge in [-0.15, -0.1) is 0 Å². The second kappa shape index (κ2) is 8.03. The maximum absolute atomic E-state index is 12.9. The van der Waals surface area contributed by atoms with Crippen LogP contribution in [0.15, 0.2) is 54.7 Å². The van der Waals surface area contributed by atoms with Gasteiger partial charge in [-0.3, -0.25) is 4.79 Å². The number of ether oxygens (including phenoxy) is 1. The minimum absolute atomic E-state index is 0.146. The third kappa shape index (κ3) is 4.51. The van der Waals surface area contributed by atoms with Crippen molar-refractivity contribution in [3.63, 3.8) is 0 Å². The summed E-state index contributed by atoms with van der Waals surface area (Å²) in [5.41, 5.74) is 1.18. The average molecular weight is 361 g/mol. The van der Waals surface area contributed by atoms with Crippen LogP contribution in [0.1, 0.15) is 6.42 Å². The largest absolute Gasteiger partial charge is 0.482 e. The van der Waals surface area contributed by atoms with E-state index in [1.54, 1.807) is 0 Å². The molecule has 0 spiro atoms. The molecule has 0 aliphatic rings.